The van der Waals surface area contributed by atoms with Crippen molar-refractivity contribution >= 4 is 21.6 Å². The smallest absolute Gasteiger partial charge is 0.243 e. The van der Waals surface area contributed by atoms with Crippen LogP contribution in [-0.4, -0.2) is 50.5 Å². The van der Waals surface area contributed by atoms with Crippen LogP contribution in [0.4, 0.5) is 5.69 Å². The van der Waals surface area contributed by atoms with Crippen LogP contribution < -0.4 is 4.90 Å². The third-order valence-corrected chi connectivity index (χ3v) is 6.82. The van der Waals surface area contributed by atoms with Crippen LogP contribution in [0.5, 0.6) is 0 Å². The van der Waals surface area contributed by atoms with E-state index in [4.69, 9.17) is 4.74 Å². The van der Waals surface area contributed by atoms with Gasteiger partial charge in [-0.05, 0) is 51.0 Å². The van der Waals surface area contributed by atoms with E-state index in [-0.39, 0.29) is 18.1 Å². The number of anilines is 1. The van der Waals surface area contributed by atoms with Gasteiger partial charge in [-0.1, -0.05) is 0 Å². The highest BCUT2D eigenvalue weighted by Gasteiger charge is 2.35. The van der Waals surface area contributed by atoms with Gasteiger partial charge in [0, 0.05) is 31.2 Å². The molecule has 2 heterocycles. The fourth-order valence-electron chi connectivity index (χ4n) is 3.35. The van der Waals surface area contributed by atoms with E-state index in [1.54, 1.807) is 30.0 Å². The van der Waals surface area contributed by atoms with Gasteiger partial charge in [-0.15, -0.1) is 0 Å². The number of carbonyl (C=O) groups excluding carboxylic acids is 1. The van der Waals surface area contributed by atoms with E-state index in [9.17, 15) is 13.2 Å². The molecule has 0 N–H and O–H groups in total. The van der Waals surface area contributed by atoms with Gasteiger partial charge in [0.15, 0.2) is 0 Å². The van der Waals surface area contributed by atoms with E-state index in [1.165, 1.54) is 4.31 Å². The third kappa shape index (κ3) is 3.08. The molecule has 132 valence electrons. The molecule has 0 bridgehead atoms. The monoisotopic (exact) mass is 352 g/mol. The highest BCUT2D eigenvalue weighted by Crippen LogP contribution is 2.29. The molecule has 0 aromatic heterocycles. The summed E-state index contributed by atoms with van der Waals surface area (Å²) < 4.78 is 33.1. The normalized spacial score (nSPS) is 26.1. The largest absolute Gasteiger partial charge is 0.375 e. The lowest BCUT2D eigenvalue weighted by molar-refractivity contribution is -0.117. The summed E-state index contributed by atoms with van der Waals surface area (Å²) in [4.78, 5) is 13.9. The zero-order valence-corrected chi connectivity index (χ0v) is 15.2. The van der Waals surface area contributed by atoms with Crippen molar-refractivity contribution in [2.75, 3.05) is 24.6 Å². The van der Waals surface area contributed by atoms with Crippen molar-refractivity contribution in [1.82, 2.24) is 4.31 Å². The average Bonchev–Trinajstić information content (AvgIpc) is 2.95. The highest BCUT2D eigenvalue weighted by atomic mass is 32.2. The second-order valence-electron chi connectivity index (χ2n) is 6.67. The first kappa shape index (κ1) is 17.4. The second-order valence-corrected chi connectivity index (χ2v) is 8.53. The molecule has 0 radical (unpaired) electrons. The zero-order chi connectivity index (χ0) is 17.5. The minimum absolute atomic E-state index is 0.0978. The Labute approximate surface area is 143 Å². The first-order chi connectivity index (χ1) is 11.3. The van der Waals surface area contributed by atoms with Gasteiger partial charge in [0.25, 0.3) is 0 Å². The fourth-order valence-corrected chi connectivity index (χ4v) is 5.25. The molecule has 2 saturated heterocycles. The lowest BCUT2D eigenvalue weighted by Crippen LogP contribution is -2.50. The number of nitrogens with zero attached hydrogens (tertiary/aromatic N) is 2. The van der Waals surface area contributed by atoms with Crippen molar-refractivity contribution in [3.8, 4) is 0 Å². The SMILES string of the molecule is Cc1cc(N2CCCC2=O)ccc1S(=O)(=O)N1C[C@H](C)OC[C@@H]1C. The number of amides is 1. The molecule has 2 atom stereocenters. The first-order valence-electron chi connectivity index (χ1n) is 8.35. The molecule has 1 aromatic carbocycles. The van der Waals surface area contributed by atoms with Gasteiger partial charge >= 0.3 is 0 Å². The molecule has 2 aliphatic heterocycles. The highest BCUT2D eigenvalue weighted by molar-refractivity contribution is 7.89. The summed E-state index contributed by atoms with van der Waals surface area (Å²) in [5.74, 6) is 0.0978. The number of aryl methyl sites for hydroxylation is 1. The van der Waals surface area contributed by atoms with Crippen molar-refractivity contribution < 1.29 is 17.9 Å². The van der Waals surface area contributed by atoms with Crippen molar-refractivity contribution in [1.29, 1.82) is 0 Å². The van der Waals surface area contributed by atoms with Gasteiger partial charge in [-0.2, -0.15) is 4.31 Å². The molecule has 1 aromatic rings. The molecule has 1 amide bonds. The number of hydrogen-bond donors (Lipinski definition) is 0. The summed E-state index contributed by atoms with van der Waals surface area (Å²) in [6, 6.07) is 4.96. The maximum atomic E-state index is 13.1. The Hall–Kier alpha value is -1.44. The molecule has 3 rings (SSSR count). The van der Waals surface area contributed by atoms with Crippen LogP contribution in [0.15, 0.2) is 23.1 Å². The van der Waals surface area contributed by atoms with Crippen LogP contribution in [0.2, 0.25) is 0 Å². The molecule has 0 saturated carbocycles. The van der Waals surface area contributed by atoms with Gasteiger partial charge in [0.1, 0.15) is 0 Å². The maximum absolute atomic E-state index is 13.1. The molecule has 0 spiro atoms. The van der Waals surface area contributed by atoms with E-state index in [2.05, 4.69) is 0 Å². The second kappa shape index (κ2) is 6.46. The molecule has 6 nitrogen and oxygen atoms in total. The quantitative estimate of drug-likeness (QED) is 0.833. The van der Waals surface area contributed by atoms with Crippen LogP contribution in [0.1, 0.15) is 32.3 Å². The summed E-state index contributed by atoms with van der Waals surface area (Å²) in [6.45, 7) is 6.97. The summed E-state index contributed by atoms with van der Waals surface area (Å²) in [5, 5.41) is 0. The molecular formula is C17H24N2O4S. The van der Waals surface area contributed by atoms with E-state index in [0.29, 0.717) is 36.6 Å². The summed E-state index contributed by atoms with van der Waals surface area (Å²) in [5.41, 5.74) is 1.44. The van der Waals surface area contributed by atoms with Crippen LogP contribution >= 0.6 is 0 Å². The Bertz CT molecular complexity index is 747. The van der Waals surface area contributed by atoms with Crippen molar-refractivity contribution in [3.05, 3.63) is 23.8 Å². The maximum Gasteiger partial charge on any atom is 0.243 e. The molecule has 7 heteroatoms. The standard InChI is InChI=1S/C17H24N2O4S/c1-12-9-15(18-8-4-5-17(18)20)6-7-16(12)24(21,22)19-10-14(3)23-11-13(19)2/h6-7,9,13-14H,4-5,8,10-11H2,1-3H3/t13-,14-/m0/s1. The summed E-state index contributed by atoms with van der Waals surface area (Å²) in [6.07, 6.45) is 1.29. The van der Waals surface area contributed by atoms with Crippen molar-refractivity contribution in [3.63, 3.8) is 0 Å². The molecule has 0 unspecified atom stereocenters. The number of sulfonamides is 1. The Morgan fingerprint density at radius 2 is 2.00 bits per heavy atom. The average molecular weight is 352 g/mol. The van der Waals surface area contributed by atoms with Gasteiger partial charge in [0.05, 0.1) is 17.6 Å². The van der Waals surface area contributed by atoms with Crippen molar-refractivity contribution in [2.24, 2.45) is 0 Å². The lowest BCUT2D eigenvalue weighted by atomic mass is 10.2. The van der Waals surface area contributed by atoms with Crippen LogP contribution in [0.25, 0.3) is 0 Å². The van der Waals surface area contributed by atoms with Crippen LogP contribution in [0.3, 0.4) is 0 Å². The van der Waals surface area contributed by atoms with Gasteiger partial charge in [-0.25, -0.2) is 8.42 Å². The van der Waals surface area contributed by atoms with E-state index >= 15 is 0 Å². The number of ether oxygens (including phenoxy) is 1. The Morgan fingerprint density at radius 3 is 2.62 bits per heavy atom. The van der Waals surface area contributed by atoms with E-state index < -0.39 is 10.0 Å². The third-order valence-electron chi connectivity index (χ3n) is 4.68. The molecule has 0 aliphatic carbocycles. The lowest BCUT2D eigenvalue weighted by Gasteiger charge is -2.36. The molecule has 24 heavy (non-hydrogen) atoms. The number of benzene rings is 1. The Kier molecular flexibility index (Phi) is 4.68. The Balaban J connectivity index is 1.92. The minimum Gasteiger partial charge on any atom is -0.375 e. The number of hydrogen-bond acceptors (Lipinski definition) is 4. The van der Waals surface area contributed by atoms with E-state index in [1.807, 2.05) is 13.8 Å². The summed E-state index contributed by atoms with van der Waals surface area (Å²) in [7, 11) is -3.58. The van der Waals surface area contributed by atoms with Crippen molar-refractivity contribution in [2.45, 2.75) is 50.7 Å². The topological polar surface area (TPSA) is 66.9 Å². The summed E-state index contributed by atoms with van der Waals surface area (Å²) >= 11 is 0. The van der Waals surface area contributed by atoms with Gasteiger partial charge < -0.3 is 9.64 Å². The molecule has 2 fully saturated rings. The molecular weight excluding hydrogens is 328 g/mol. The number of carbonyl (C=O) groups is 1. The molecule has 2 aliphatic rings. The van der Waals surface area contributed by atoms with Crippen LogP contribution in [-0.2, 0) is 19.6 Å². The van der Waals surface area contributed by atoms with E-state index in [0.717, 1.165) is 12.1 Å². The van der Waals surface area contributed by atoms with Crippen LogP contribution in [0, 0.1) is 6.92 Å². The number of morpholine rings is 1. The Morgan fingerprint density at radius 1 is 1.25 bits per heavy atom. The first-order valence-corrected chi connectivity index (χ1v) is 9.79. The van der Waals surface area contributed by atoms with Gasteiger partial charge in [-0.3, -0.25) is 4.79 Å². The predicted molar refractivity (Wildman–Crippen MR) is 91.5 cm³/mol. The minimum atomic E-state index is -3.58. The van der Waals surface area contributed by atoms with Gasteiger partial charge in [0.2, 0.25) is 15.9 Å². The zero-order valence-electron chi connectivity index (χ0n) is 14.4. The number of rotatable bonds is 3. The fraction of sp³-hybridized carbons (Fsp3) is 0.588. The predicted octanol–water partition coefficient (Wildman–Crippen LogP) is 1.92.